The summed E-state index contributed by atoms with van der Waals surface area (Å²) in [4.78, 5) is 0. The average Bonchev–Trinajstić information content (AvgIpc) is 1.93. The van der Waals surface area contributed by atoms with Crippen LogP contribution in [-0.2, 0) is 0 Å². The van der Waals surface area contributed by atoms with Gasteiger partial charge in [-0.25, -0.2) is 0 Å². The molecule has 0 aromatic heterocycles. The summed E-state index contributed by atoms with van der Waals surface area (Å²) in [6.45, 7) is 9.19. The summed E-state index contributed by atoms with van der Waals surface area (Å²) in [7, 11) is 0. The highest BCUT2D eigenvalue weighted by atomic mass is 14.9. The smallest absolute Gasteiger partial charge is 0.0170 e. The molecule has 1 atom stereocenters. The molecule has 0 aromatic carbocycles. The largest absolute Gasteiger partial charge is 0.311 e. The molecule has 1 fully saturated rings. The highest BCUT2D eigenvalue weighted by Crippen LogP contribution is 2.14. The van der Waals surface area contributed by atoms with Gasteiger partial charge in [0.05, 0.1) is 0 Å². The lowest BCUT2D eigenvalue weighted by atomic mass is 10.00. The maximum absolute atomic E-state index is 3.86. The van der Waals surface area contributed by atoms with E-state index in [1.807, 2.05) is 6.92 Å². The number of allylic oxidation sites excluding steroid dienone is 2. The van der Waals surface area contributed by atoms with E-state index in [1.165, 1.54) is 18.4 Å². The van der Waals surface area contributed by atoms with Gasteiger partial charge >= 0.3 is 0 Å². The van der Waals surface area contributed by atoms with Crippen LogP contribution < -0.4 is 5.32 Å². The Kier molecular flexibility index (Phi) is 2.89. The molecule has 0 aliphatic carbocycles. The number of rotatable bonds is 1. The van der Waals surface area contributed by atoms with Crippen LogP contribution >= 0.6 is 0 Å². The van der Waals surface area contributed by atoms with Crippen molar-refractivity contribution in [3.8, 4) is 0 Å². The molecule has 0 bridgehead atoms. The van der Waals surface area contributed by atoms with Gasteiger partial charge in [-0.2, -0.15) is 0 Å². The Labute approximate surface area is 69.2 Å². The van der Waals surface area contributed by atoms with Crippen LogP contribution in [0.2, 0.25) is 0 Å². The van der Waals surface area contributed by atoms with E-state index in [0.29, 0.717) is 6.04 Å². The van der Waals surface area contributed by atoms with Crippen LogP contribution in [0.4, 0.5) is 0 Å². The number of hydrogen-bond acceptors (Lipinski definition) is 1. The maximum Gasteiger partial charge on any atom is 0.0170 e. The molecule has 62 valence electrons. The van der Waals surface area contributed by atoms with Gasteiger partial charge in [0.2, 0.25) is 0 Å². The third-order valence-electron chi connectivity index (χ3n) is 2.03. The second-order valence-electron chi connectivity index (χ2n) is 3.47. The van der Waals surface area contributed by atoms with Crippen LogP contribution in [0.3, 0.4) is 0 Å². The van der Waals surface area contributed by atoms with Gasteiger partial charge in [0.25, 0.3) is 0 Å². The number of piperidine rings is 1. The minimum atomic E-state index is 0.692. The lowest BCUT2D eigenvalue weighted by molar-refractivity contribution is 0.486. The fraction of sp³-hybridized carbons (Fsp3) is 0.600. The van der Waals surface area contributed by atoms with Crippen molar-refractivity contribution in [2.24, 2.45) is 0 Å². The Balaban J connectivity index is 2.45. The second-order valence-corrected chi connectivity index (χ2v) is 3.47. The molecule has 1 heterocycles. The van der Waals surface area contributed by atoms with E-state index >= 15 is 0 Å². The molecule has 0 amide bonds. The summed E-state index contributed by atoms with van der Waals surface area (Å²) < 4.78 is 0. The molecule has 1 heteroatoms. The van der Waals surface area contributed by atoms with Crippen molar-refractivity contribution in [2.75, 3.05) is 6.54 Å². The van der Waals surface area contributed by atoms with E-state index in [4.69, 9.17) is 0 Å². The Hall–Kier alpha value is -0.560. The van der Waals surface area contributed by atoms with Gasteiger partial charge in [0, 0.05) is 12.6 Å². The summed E-state index contributed by atoms with van der Waals surface area (Å²) >= 11 is 0. The predicted octanol–water partition coefficient (Wildman–Crippen LogP) is 2.26. The standard InChI is InChI=1S/C10H17N/c1-8(2)6-10-5-4-9(3)11-7-10/h6,9,11H,1,4-5,7H2,2-3H3/b10-6+. The first kappa shape index (κ1) is 8.54. The highest BCUT2D eigenvalue weighted by Gasteiger charge is 2.09. The fourth-order valence-corrected chi connectivity index (χ4v) is 1.37. The zero-order valence-electron chi connectivity index (χ0n) is 7.48. The SMILES string of the molecule is C=C(C)/C=C1\CCC(C)NC1. The maximum atomic E-state index is 3.86. The van der Waals surface area contributed by atoms with E-state index in [2.05, 4.69) is 24.9 Å². The van der Waals surface area contributed by atoms with Gasteiger partial charge in [0.15, 0.2) is 0 Å². The normalized spacial score (nSPS) is 28.9. The first-order valence-electron chi connectivity index (χ1n) is 4.27. The molecule has 1 nitrogen and oxygen atoms in total. The van der Waals surface area contributed by atoms with Crippen molar-refractivity contribution in [3.05, 3.63) is 23.8 Å². The van der Waals surface area contributed by atoms with Crippen LogP contribution in [0.1, 0.15) is 26.7 Å². The first-order chi connectivity index (χ1) is 5.18. The van der Waals surface area contributed by atoms with Crippen LogP contribution in [0.25, 0.3) is 0 Å². The lowest BCUT2D eigenvalue weighted by Gasteiger charge is -2.22. The molecule has 0 spiro atoms. The van der Waals surface area contributed by atoms with E-state index in [0.717, 1.165) is 12.1 Å². The van der Waals surface area contributed by atoms with Crippen LogP contribution in [0.5, 0.6) is 0 Å². The Morgan fingerprint density at radius 3 is 2.91 bits per heavy atom. The molecule has 0 saturated carbocycles. The fourth-order valence-electron chi connectivity index (χ4n) is 1.37. The third kappa shape index (κ3) is 2.89. The van der Waals surface area contributed by atoms with E-state index in [1.54, 1.807) is 0 Å². The zero-order chi connectivity index (χ0) is 8.27. The molecule has 0 aromatic rings. The van der Waals surface area contributed by atoms with E-state index < -0.39 is 0 Å². The second kappa shape index (κ2) is 3.72. The summed E-state index contributed by atoms with van der Waals surface area (Å²) in [6.07, 6.45) is 4.69. The van der Waals surface area contributed by atoms with E-state index in [9.17, 15) is 0 Å². The quantitative estimate of drug-likeness (QED) is 0.606. The Morgan fingerprint density at radius 1 is 1.73 bits per heavy atom. The van der Waals surface area contributed by atoms with Gasteiger partial charge in [-0.05, 0) is 26.7 Å². The summed E-state index contributed by atoms with van der Waals surface area (Å²) in [5.74, 6) is 0. The van der Waals surface area contributed by atoms with Crippen molar-refractivity contribution < 1.29 is 0 Å². The van der Waals surface area contributed by atoms with Crippen molar-refractivity contribution in [3.63, 3.8) is 0 Å². The molecule has 1 aliphatic heterocycles. The minimum Gasteiger partial charge on any atom is -0.311 e. The highest BCUT2D eigenvalue weighted by molar-refractivity contribution is 5.20. The Morgan fingerprint density at radius 2 is 2.45 bits per heavy atom. The van der Waals surface area contributed by atoms with Crippen molar-refractivity contribution >= 4 is 0 Å². The minimum absolute atomic E-state index is 0.692. The molecule has 1 N–H and O–H groups in total. The van der Waals surface area contributed by atoms with Gasteiger partial charge in [-0.1, -0.05) is 23.8 Å². The van der Waals surface area contributed by atoms with Gasteiger partial charge < -0.3 is 5.32 Å². The summed E-state index contributed by atoms with van der Waals surface area (Å²) in [5, 5.41) is 3.43. The zero-order valence-corrected chi connectivity index (χ0v) is 7.48. The predicted molar refractivity (Wildman–Crippen MR) is 49.6 cm³/mol. The molecule has 1 saturated heterocycles. The van der Waals surface area contributed by atoms with Crippen molar-refractivity contribution in [1.29, 1.82) is 0 Å². The molecular weight excluding hydrogens is 134 g/mol. The van der Waals surface area contributed by atoms with Crippen LogP contribution in [0.15, 0.2) is 23.8 Å². The molecule has 1 aliphatic rings. The Bertz CT molecular complexity index is 169. The third-order valence-corrected chi connectivity index (χ3v) is 2.03. The number of nitrogens with one attached hydrogen (secondary N) is 1. The average molecular weight is 151 g/mol. The monoisotopic (exact) mass is 151 g/mol. The lowest BCUT2D eigenvalue weighted by Crippen LogP contribution is -2.32. The molecule has 1 rings (SSSR count). The topological polar surface area (TPSA) is 12.0 Å². The van der Waals surface area contributed by atoms with Gasteiger partial charge in [0.1, 0.15) is 0 Å². The van der Waals surface area contributed by atoms with Crippen molar-refractivity contribution in [2.45, 2.75) is 32.7 Å². The first-order valence-corrected chi connectivity index (χ1v) is 4.27. The summed E-state index contributed by atoms with van der Waals surface area (Å²) in [5.41, 5.74) is 2.66. The van der Waals surface area contributed by atoms with E-state index in [-0.39, 0.29) is 0 Å². The molecule has 1 unspecified atom stereocenters. The molecule has 11 heavy (non-hydrogen) atoms. The van der Waals surface area contributed by atoms with Crippen molar-refractivity contribution in [1.82, 2.24) is 5.32 Å². The van der Waals surface area contributed by atoms with Gasteiger partial charge in [-0.15, -0.1) is 0 Å². The summed E-state index contributed by atoms with van der Waals surface area (Å²) in [6, 6.07) is 0.692. The molecular formula is C10H17N. The van der Waals surface area contributed by atoms with Crippen LogP contribution in [0, 0.1) is 0 Å². The molecule has 0 radical (unpaired) electrons. The van der Waals surface area contributed by atoms with Crippen LogP contribution in [-0.4, -0.2) is 12.6 Å². The number of hydrogen-bond donors (Lipinski definition) is 1. The van der Waals surface area contributed by atoms with Gasteiger partial charge in [-0.3, -0.25) is 0 Å².